The number of halogens is 3. The Kier molecular flexibility index (Phi) is 5.87. The topological polar surface area (TPSA) is 29.3 Å². The maximum absolute atomic E-state index is 12.7. The van der Waals surface area contributed by atoms with Crippen LogP contribution in [0.2, 0.25) is 0 Å². The van der Waals surface area contributed by atoms with E-state index in [0.29, 0.717) is 11.5 Å². The van der Waals surface area contributed by atoms with Crippen LogP contribution in [0.5, 0.6) is 0 Å². The lowest BCUT2D eigenvalue weighted by molar-refractivity contribution is -0.137. The molecule has 20 heavy (non-hydrogen) atoms. The van der Waals surface area contributed by atoms with Crippen molar-refractivity contribution in [2.24, 2.45) is 11.7 Å². The normalized spacial score (nSPS) is 13.3. The molecule has 0 radical (unpaired) electrons. The number of nitrogens with zero attached hydrogens (tertiary/aromatic N) is 1. The molecular formula is C15H23F3N2. The van der Waals surface area contributed by atoms with Crippen LogP contribution >= 0.6 is 0 Å². The first-order valence-electron chi connectivity index (χ1n) is 6.98. The number of hydrogen-bond donors (Lipinski definition) is 1. The van der Waals surface area contributed by atoms with Crippen LogP contribution in [-0.4, -0.2) is 13.1 Å². The molecule has 0 spiro atoms. The third-order valence-corrected chi connectivity index (χ3v) is 3.58. The number of nitrogens with two attached hydrogens (primary N) is 1. The zero-order valence-electron chi connectivity index (χ0n) is 12.3. The van der Waals surface area contributed by atoms with E-state index in [4.69, 9.17) is 5.73 Å². The first-order valence-corrected chi connectivity index (χ1v) is 6.98. The highest BCUT2D eigenvalue weighted by molar-refractivity contribution is 5.55. The minimum Gasteiger partial charge on any atom is -0.371 e. The monoisotopic (exact) mass is 288 g/mol. The van der Waals surface area contributed by atoms with Crippen molar-refractivity contribution < 1.29 is 13.2 Å². The van der Waals surface area contributed by atoms with Crippen molar-refractivity contribution in [1.82, 2.24) is 0 Å². The van der Waals surface area contributed by atoms with Gasteiger partial charge in [-0.3, -0.25) is 0 Å². The van der Waals surface area contributed by atoms with Gasteiger partial charge in [-0.2, -0.15) is 13.2 Å². The summed E-state index contributed by atoms with van der Waals surface area (Å²) in [5.74, 6) is 0.489. The molecular weight excluding hydrogens is 265 g/mol. The lowest BCUT2D eigenvalue weighted by Gasteiger charge is -2.28. The Labute approximate surface area is 118 Å². The van der Waals surface area contributed by atoms with Crippen LogP contribution in [0.25, 0.3) is 0 Å². The number of hydrogen-bond acceptors (Lipinski definition) is 2. The molecule has 2 nitrogen and oxygen atoms in total. The standard InChI is InChI=1S/C15H23F3N2/c1-4-11(3)10-20(5-2)14-7-6-13(15(16,17)18)8-12(14)9-19/h6-8,11H,4-5,9-10,19H2,1-3H3. The van der Waals surface area contributed by atoms with E-state index in [1.165, 1.54) is 6.07 Å². The molecule has 1 aromatic rings. The van der Waals surface area contributed by atoms with Crippen LogP contribution in [0, 0.1) is 5.92 Å². The number of alkyl halides is 3. The molecule has 0 heterocycles. The van der Waals surface area contributed by atoms with Gasteiger partial charge in [0.1, 0.15) is 0 Å². The molecule has 1 unspecified atom stereocenters. The van der Waals surface area contributed by atoms with Gasteiger partial charge in [-0.25, -0.2) is 0 Å². The Bertz CT molecular complexity index is 430. The predicted molar refractivity (Wildman–Crippen MR) is 76.7 cm³/mol. The summed E-state index contributed by atoms with van der Waals surface area (Å²) in [6, 6.07) is 3.83. The summed E-state index contributed by atoms with van der Waals surface area (Å²) in [6.45, 7) is 7.93. The summed E-state index contributed by atoms with van der Waals surface area (Å²) >= 11 is 0. The van der Waals surface area contributed by atoms with Gasteiger partial charge in [-0.15, -0.1) is 0 Å². The fourth-order valence-corrected chi connectivity index (χ4v) is 2.14. The molecule has 114 valence electrons. The van der Waals surface area contributed by atoms with Gasteiger partial charge in [-0.05, 0) is 36.6 Å². The Morgan fingerprint density at radius 2 is 1.90 bits per heavy atom. The molecule has 0 bridgehead atoms. The van der Waals surface area contributed by atoms with Crippen molar-refractivity contribution in [2.75, 3.05) is 18.0 Å². The summed E-state index contributed by atoms with van der Waals surface area (Å²) in [5, 5.41) is 0. The molecule has 1 rings (SSSR count). The van der Waals surface area contributed by atoms with Crippen molar-refractivity contribution in [2.45, 2.75) is 39.9 Å². The second-order valence-corrected chi connectivity index (χ2v) is 5.10. The molecule has 0 saturated heterocycles. The minimum absolute atomic E-state index is 0.107. The summed E-state index contributed by atoms with van der Waals surface area (Å²) in [4.78, 5) is 2.09. The lowest BCUT2D eigenvalue weighted by atomic mass is 10.0. The fourth-order valence-electron chi connectivity index (χ4n) is 2.14. The van der Waals surface area contributed by atoms with Gasteiger partial charge in [0.2, 0.25) is 0 Å². The van der Waals surface area contributed by atoms with Crippen molar-refractivity contribution in [3.63, 3.8) is 0 Å². The molecule has 5 heteroatoms. The molecule has 0 aliphatic rings. The molecule has 1 atom stereocenters. The molecule has 1 aromatic carbocycles. The van der Waals surface area contributed by atoms with E-state index in [2.05, 4.69) is 18.7 Å². The van der Waals surface area contributed by atoms with Crippen LogP contribution in [0.3, 0.4) is 0 Å². The Morgan fingerprint density at radius 1 is 1.25 bits per heavy atom. The SMILES string of the molecule is CCC(C)CN(CC)c1ccc(C(F)(F)F)cc1CN. The minimum atomic E-state index is -4.32. The average Bonchev–Trinajstić information content (AvgIpc) is 2.42. The molecule has 2 N–H and O–H groups in total. The van der Waals surface area contributed by atoms with E-state index in [-0.39, 0.29) is 6.54 Å². The Morgan fingerprint density at radius 3 is 2.35 bits per heavy atom. The molecule has 0 amide bonds. The second kappa shape index (κ2) is 6.97. The van der Waals surface area contributed by atoms with Crippen LogP contribution in [0.15, 0.2) is 18.2 Å². The van der Waals surface area contributed by atoms with Crippen molar-refractivity contribution >= 4 is 5.69 Å². The van der Waals surface area contributed by atoms with E-state index in [0.717, 1.165) is 37.3 Å². The lowest BCUT2D eigenvalue weighted by Crippen LogP contribution is -2.29. The van der Waals surface area contributed by atoms with Crippen LogP contribution < -0.4 is 10.6 Å². The van der Waals surface area contributed by atoms with E-state index < -0.39 is 11.7 Å². The van der Waals surface area contributed by atoms with E-state index >= 15 is 0 Å². The highest BCUT2D eigenvalue weighted by Gasteiger charge is 2.31. The first kappa shape index (κ1) is 16.8. The Hall–Kier alpha value is -1.23. The van der Waals surface area contributed by atoms with E-state index in [1.54, 1.807) is 0 Å². The third kappa shape index (κ3) is 4.13. The number of benzene rings is 1. The van der Waals surface area contributed by atoms with Crippen LogP contribution in [0.4, 0.5) is 18.9 Å². The third-order valence-electron chi connectivity index (χ3n) is 3.58. The maximum atomic E-state index is 12.7. The van der Waals surface area contributed by atoms with Gasteiger partial charge in [0, 0.05) is 25.3 Å². The first-order chi connectivity index (χ1) is 9.33. The summed E-state index contributed by atoms with van der Waals surface area (Å²) in [7, 11) is 0. The molecule has 0 aromatic heterocycles. The maximum Gasteiger partial charge on any atom is 0.416 e. The molecule has 0 aliphatic carbocycles. The molecule has 0 aliphatic heterocycles. The van der Waals surface area contributed by atoms with Crippen molar-refractivity contribution in [3.05, 3.63) is 29.3 Å². The van der Waals surface area contributed by atoms with Gasteiger partial charge in [0.15, 0.2) is 0 Å². The van der Waals surface area contributed by atoms with Gasteiger partial charge < -0.3 is 10.6 Å². The average molecular weight is 288 g/mol. The highest BCUT2D eigenvalue weighted by Crippen LogP contribution is 2.33. The summed E-state index contributed by atoms with van der Waals surface area (Å²) in [6.07, 6.45) is -3.29. The smallest absolute Gasteiger partial charge is 0.371 e. The van der Waals surface area contributed by atoms with Crippen molar-refractivity contribution in [3.8, 4) is 0 Å². The zero-order chi connectivity index (χ0) is 15.3. The van der Waals surface area contributed by atoms with Crippen molar-refractivity contribution in [1.29, 1.82) is 0 Å². The fraction of sp³-hybridized carbons (Fsp3) is 0.600. The van der Waals surface area contributed by atoms with Crippen LogP contribution in [0.1, 0.15) is 38.3 Å². The summed E-state index contributed by atoms with van der Waals surface area (Å²) < 4.78 is 38.2. The van der Waals surface area contributed by atoms with Gasteiger partial charge in [0.05, 0.1) is 5.56 Å². The second-order valence-electron chi connectivity index (χ2n) is 5.10. The van der Waals surface area contributed by atoms with Crippen LogP contribution in [-0.2, 0) is 12.7 Å². The largest absolute Gasteiger partial charge is 0.416 e. The van der Waals surface area contributed by atoms with Gasteiger partial charge >= 0.3 is 6.18 Å². The number of anilines is 1. The highest BCUT2D eigenvalue weighted by atomic mass is 19.4. The zero-order valence-corrected chi connectivity index (χ0v) is 12.3. The van der Waals surface area contributed by atoms with Gasteiger partial charge in [0.25, 0.3) is 0 Å². The van der Waals surface area contributed by atoms with Gasteiger partial charge in [-0.1, -0.05) is 20.3 Å². The molecule has 0 fully saturated rings. The number of rotatable bonds is 6. The predicted octanol–water partition coefficient (Wildman–Crippen LogP) is 4.04. The quantitative estimate of drug-likeness (QED) is 0.856. The Balaban J connectivity index is 3.10. The van der Waals surface area contributed by atoms with E-state index in [9.17, 15) is 13.2 Å². The molecule has 0 saturated carbocycles. The summed E-state index contributed by atoms with van der Waals surface area (Å²) in [5.41, 5.74) is 6.34. The van der Waals surface area contributed by atoms with E-state index in [1.807, 2.05) is 6.92 Å².